The number of nitrogens with zero attached hydrogens (tertiary/aromatic N) is 2. The lowest BCUT2D eigenvalue weighted by Gasteiger charge is -2.36. The molecule has 3 rings (SSSR count). The number of carbonyl (C=O) groups excluding carboxylic acids is 1. The van der Waals surface area contributed by atoms with Gasteiger partial charge in [-0.1, -0.05) is 6.07 Å². The zero-order valence-electron chi connectivity index (χ0n) is 11.6. The minimum Gasteiger partial charge on any atom is -0.381 e. The van der Waals surface area contributed by atoms with Gasteiger partial charge in [-0.15, -0.1) is 0 Å². The Morgan fingerprint density at radius 2 is 1.95 bits per heavy atom. The average molecular weight is 259 g/mol. The van der Waals surface area contributed by atoms with Crippen LogP contribution in [0.2, 0.25) is 0 Å². The summed E-state index contributed by atoms with van der Waals surface area (Å²) in [6, 6.07) is 6.38. The molecule has 2 aliphatic rings. The highest BCUT2D eigenvalue weighted by molar-refractivity contribution is 6.08. The Balaban J connectivity index is 1.94. The number of likely N-dealkylation sites (N-methyl/N-ethyl adjacent to an activating group) is 1. The van der Waals surface area contributed by atoms with E-state index in [1.54, 1.807) is 0 Å². The van der Waals surface area contributed by atoms with Gasteiger partial charge >= 0.3 is 0 Å². The Labute approximate surface area is 114 Å². The second-order valence-electron chi connectivity index (χ2n) is 5.66. The maximum atomic E-state index is 12.3. The van der Waals surface area contributed by atoms with E-state index in [4.69, 9.17) is 0 Å². The molecule has 4 heteroatoms. The molecule has 2 aliphatic heterocycles. The van der Waals surface area contributed by atoms with E-state index in [1.807, 2.05) is 12.1 Å². The summed E-state index contributed by atoms with van der Waals surface area (Å²) in [5, 5.41) is 3.42. The smallest absolute Gasteiger partial charge is 0.169 e. The molecular weight excluding hydrogens is 238 g/mol. The van der Waals surface area contributed by atoms with Gasteiger partial charge in [-0.3, -0.25) is 4.79 Å². The lowest BCUT2D eigenvalue weighted by Crippen LogP contribution is -2.45. The molecular formula is C15H21N3O. The third-order valence-corrected chi connectivity index (χ3v) is 4.06. The zero-order chi connectivity index (χ0) is 13.4. The van der Waals surface area contributed by atoms with Crippen LogP contribution in [0.1, 0.15) is 23.7 Å². The largest absolute Gasteiger partial charge is 0.381 e. The number of ketones is 1. The van der Waals surface area contributed by atoms with E-state index in [1.165, 1.54) is 0 Å². The maximum absolute atomic E-state index is 12.3. The van der Waals surface area contributed by atoms with Gasteiger partial charge in [0, 0.05) is 50.0 Å². The highest BCUT2D eigenvalue weighted by Crippen LogP contribution is 2.33. The van der Waals surface area contributed by atoms with Gasteiger partial charge in [0.25, 0.3) is 0 Å². The van der Waals surface area contributed by atoms with Crippen molar-refractivity contribution >= 4 is 17.2 Å². The number of piperazine rings is 1. The van der Waals surface area contributed by atoms with Crippen LogP contribution < -0.4 is 10.2 Å². The Kier molecular flexibility index (Phi) is 3.19. The molecule has 0 spiro atoms. The molecule has 0 aliphatic carbocycles. The molecule has 1 aromatic rings. The first-order valence-corrected chi connectivity index (χ1v) is 7.01. The number of hydrogen-bond donors (Lipinski definition) is 1. The van der Waals surface area contributed by atoms with Crippen molar-refractivity contribution in [3.63, 3.8) is 0 Å². The van der Waals surface area contributed by atoms with Crippen molar-refractivity contribution < 1.29 is 4.79 Å². The molecule has 1 saturated heterocycles. The van der Waals surface area contributed by atoms with Crippen LogP contribution in [0.5, 0.6) is 0 Å². The lowest BCUT2D eigenvalue weighted by molar-refractivity contribution is 0.0975. The molecule has 0 aromatic heterocycles. The van der Waals surface area contributed by atoms with Crippen LogP contribution in [0.15, 0.2) is 18.2 Å². The van der Waals surface area contributed by atoms with E-state index in [9.17, 15) is 4.79 Å². The highest BCUT2D eigenvalue weighted by atomic mass is 16.1. The Bertz CT molecular complexity index is 492. The predicted molar refractivity (Wildman–Crippen MR) is 78.2 cm³/mol. The Hall–Kier alpha value is -1.55. The van der Waals surface area contributed by atoms with E-state index in [2.05, 4.69) is 35.2 Å². The first-order valence-electron chi connectivity index (χ1n) is 7.01. The minimum absolute atomic E-state index is 0.239. The summed E-state index contributed by atoms with van der Waals surface area (Å²) in [6.07, 6.45) is 0.595. The van der Waals surface area contributed by atoms with Crippen LogP contribution >= 0.6 is 0 Å². The van der Waals surface area contributed by atoms with Crippen molar-refractivity contribution in [3.8, 4) is 0 Å². The quantitative estimate of drug-likeness (QED) is 0.834. The molecule has 0 bridgehead atoms. The van der Waals surface area contributed by atoms with E-state index in [0.717, 1.165) is 43.1 Å². The van der Waals surface area contributed by atoms with Gasteiger partial charge in [0.05, 0.1) is 5.56 Å². The lowest BCUT2D eigenvalue weighted by atomic mass is 9.95. The summed E-state index contributed by atoms with van der Waals surface area (Å²) < 4.78 is 0. The minimum atomic E-state index is 0.239. The molecule has 1 N–H and O–H groups in total. The van der Waals surface area contributed by atoms with Crippen LogP contribution in [-0.2, 0) is 0 Å². The summed E-state index contributed by atoms with van der Waals surface area (Å²) >= 11 is 0. The van der Waals surface area contributed by atoms with Crippen molar-refractivity contribution in [2.45, 2.75) is 19.4 Å². The Morgan fingerprint density at radius 3 is 2.68 bits per heavy atom. The molecule has 4 nitrogen and oxygen atoms in total. The van der Waals surface area contributed by atoms with Gasteiger partial charge in [0.15, 0.2) is 5.78 Å². The van der Waals surface area contributed by atoms with Crippen LogP contribution in [0.25, 0.3) is 0 Å². The summed E-state index contributed by atoms with van der Waals surface area (Å²) in [6.45, 7) is 6.17. The molecule has 102 valence electrons. The molecule has 1 atom stereocenters. The SMILES string of the molecule is CC1CC(=O)c2c(cccc2N2CCN(C)CC2)N1. The van der Waals surface area contributed by atoms with Gasteiger partial charge < -0.3 is 15.1 Å². The topological polar surface area (TPSA) is 35.6 Å². The average Bonchev–Trinajstić information content (AvgIpc) is 2.38. The van der Waals surface area contributed by atoms with Crippen LogP contribution in [0.4, 0.5) is 11.4 Å². The van der Waals surface area contributed by atoms with Crippen molar-refractivity contribution in [3.05, 3.63) is 23.8 Å². The first kappa shape index (κ1) is 12.5. The van der Waals surface area contributed by atoms with Crippen LogP contribution in [0, 0.1) is 0 Å². The maximum Gasteiger partial charge on any atom is 0.169 e. The summed E-state index contributed by atoms with van der Waals surface area (Å²) in [5.41, 5.74) is 3.00. The fraction of sp³-hybridized carbons (Fsp3) is 0.533. The van der Waals surface area contributed by atoms with E-state index in [-0.39, 0.29) is 11.8 Å². The highest BCUT2D eigenvalue weighted by Gasteiger charge is 2.27. The third kappa shape index (κ3) is 2.32. The van der Waals surface area contributed by atoms with Gasteiger partial charge in [-0.05, 0) is 26.1 Å². The molecule has 1 aromatic carbocycles. The standard InChI is InChI=1S/C15H21N3O/c1-11-10-14(19)15-12(16-11)4-3-5-13(15)18-8-6-17(2)7-9-18/h3-5,11,16H,6-10H2,1-2H3. The van der Waals surface area contributed by atoms with Crippen LogP contribution in [-0.4, -0.2) is 50.0 Å². The molecule has 0 radical (unpaired) electrons. The second-order valence-corrected chi connectivity index (χ2v) is 5.66. The normalized spacial score (nSPS) is 24.0. The van der Waals surface area contributed by atoms with Gasteiger partial charge in [0.1, 0.15) is 0 Å². The number of carbonyl (C=O) groups is 1. The predicted octanol–water partition coefficient (Wildman–Crippen LogP) is 1.83. The number of fused-ring (bicyclic) bond motifs is 1. The van der Waals surface area contributed by atoms with E-state index >= 15 is 0 Å². The molecule has 0 saturated carbocycles. The van der Waals surface area contributed by atoms with Crippen molar-refractivity contribution in [1.29, 1.82) is 0 Å². The molecule has 0 amide bonds. The number of nitrogens with one attached hydrogen (secondary N) is 1. The number of anilines is 2. The third-order valence-electron chi connectivity index (χ3n) is 4.06. The van der Waals surface area contributed by atoms with Gasteiger partial charge in [-0.2, -0.15) is 0 Å². The molecule has 19 heavy (non-hydrogen) atoms. The molecule has 1 fully saturated rings. The number of benzene rings is 1. The Morgan fingerprint density at radius 1 is 1.21 bits per heavy atom. The van der Waals surface area contributed by atoms with Crippen molar-refractivity contribution in [2.24, 2.45) is 0 Å². The van der Waals surface area contributed by atoms with E-state index < -0.39 is 0 Å². The number of rotatable bonds is 1. The summed E-state index contributed by atoms with van der Waals surface area (Å²) in [5.74, 6) is 0.274. The van der Waals surface area contributed by atoms with E-state index in [0.29, 0.717) is 6.42 Å². The monoisotopic (exact) mass is 259 g/mol. The summed E-state index contributed by atoms with van der Waals surface area (Å²) in [4.78, 5) is 17.0. The fourth-order valence-corrected chi connectivity index (χ4v) is 2.96. The number of Topliss-reactive ketones (excluding diaryl/α,β-unsaturated/α-hetero) is 1. The zero-order valence-corrected chi connectivity index (χ0v) is 11.6. The fourth-order valence-electron chi connectivity index (χ4n) is 2.96. The number of hydrogen-bond acceptors (Lipinski definition) is 4. The summed E-state index contributed by atoms with van der Waals surface area (Å²) in [7, 11) is 2.15. The molecule has 2 heterocycles. The first-order chi connectivity index (χ1) is 9.15. The van der Waals surface area contributed by atoms with Crippen molar-refractivity contribution in [2.75, 3.05) is 43.4 Å². The molecule has 1 unspecified atom stereocenters. The second kappa shape index (κ2) is 4.85. The van der Waals surface area contributed by atoms with Crippen LogP contribution in [0.3, 0.4) is 0 Å². The van der Waals surface area contributed by atoms with Gasteiger partial charge in [0.2, 0.25) is 0 Å². The van der Waals surface area contributed by atoms with Gasteiger partial charge in [-0.25, -0.2) is 0 Å². The van der Waals surface area contributed by atoms with Crippen molar-refractivity contribution in [1.82, 2.24) is 4.90 Å².